The van der Waals surface area contributed by atoms with Crippen molar-refractivity contribution < 1.29 is 22.6 Å². The van der Waals surface area contributed by atoms with Crippen molar-refractivity contribution in [3.05, 3.63) is 23.4 Å². The summed E-state index contributed by atoms with van der Waals surface area (Å²) in [5, 5.41) is 8.74. The molecule has 18 heavy (non-hydrogen) atoms. The van der Waals surface area contributed by atoms with E-state index in [1.165, 1.54) is 7.11 Å². The van der Waals surface area contributed by atoms with E-state index in [0.29, 0.717) is 13.0 Å². The molecule has 0 N–H and O–H groups in total. The van der Waals surface area contributed by atoms with Gasteiger partial charge >= 0.3 is 6.18 Å². The van der Waals surface area contributed by atoms with Crippen LogP contribution in [0.4, 0.5) is 13.2 Å². The maximum absolute atomic E-state index is 12.4. The lowest BCUT2D eigenvalue weighted by Gasteiger charge is -2.10. The summed E-state index contributed by atoms with van der Waals surface area (Å²) >= 11 is 0. The van der Waals surface area contributed by atoms with Crippen molar-refractivity contribution in [2.24, 2.45) is 0 Å². The molecule has 1 aromatic rings. The molecular weight excluding hydrogens is 249 g/mol. The van der Waals surface area contributed by atoms with E-state index in [1.807, 2.05) is 0 Å². The Hall–Kier alpha value is -1.81. The van der Waals surface area contributed by atoms with E-state index in [4.69, 9.17) is 14.7 Å². The average molecular weight is 260 g/mol. The van der Waals surface area contributed by atoms with Crippen molar-refractivity contribution in [3.8, 4) is 11.9 Å². The predicted octanol–water partition coefficient (Wildman–Crippen LogP) is 2.39. The van der Waals surface area contributed by atoms with Gasteiger partial charge in [-0.3, -0.25) is 0 Å². The molecule has 0 aliphatic carbocycles. The quantitative estimate of drug-likeness (QED) is 0.763. The smallest absolute Gasteiger partial charge is 0.433 e. The number of pyridine rings is 1. The van der Waals surface area contributed by atoms with Crippen LogP contribution in [0.1, 0.15) is 17.7 Å². The second kappa shape index (κ2) is 6.21. The number of hydrogen-bond donors (Lipinski definition) is 0. The molecule has 0 aliphatic heterocycles. The minimum atomic E-state index is -4.56. The molecule has 0 bridgehead atoms. The van der Waals surface area contributed by atoms with Crippen LogP contribution < -0.4 is 4.74 Å². The first kappa shape index (κ1) is 14.3. The fourth-order valence-corrected chi connectivity index (χ4v) is 1.17. The summed E-state index contributed by atoms with van der Waals surface area (Å²) in [5.74, 6) is -0.302. The summed E-state index contributed by atoms with van der Waals surface area (Å²) in [6.07, 6.45) is -4.06. The summed E-state index contributed by atoms with van der Waals surface area (Å²) in [4.78, 5) is 3.30. The zero-order valence-corrected chi connectivity index (χ0v) is 9.62. The van der Waals surface area contributed by atoms with Gasteiger partial charge in [-0.15, -0.1) is 0 Å². The van der Waals surface area contributed by atoms with Crippen LogP contribution in [0.15, 0.2) is 12.1 Å². The molecule has 0 saturated heterocycles. The predicted molar refractivity (Wildman–Crippen MR) is 55.9 cm³/mol. The maximum Gasteiger partial charge on any atom is 0.433 e. The number of ether oxygens (including phenoxy) is 2. The molecule has 0 spiro atoms. The van der Waals surface area contributed by atoms with Crippen LogP contribution >= 0.6 is 0 Å². The summed E-state index contributed by atoms with van der Waals surface area (Å²) in [5.41, 5.74) is -1.11. The highest BCUT2D eigenvalue weighted by molar-refractivity contribution is 5.39. The molecule has 0 atom stereocenters. The second-order valence-corrected chi connectivity index (χ2v) is 3.35. The number of halogens is 3. The SMILES string of the molecule is COCCCOc1nc(C(F)(F)F)ccc1C#N. The van der Waals surface area contributed by atoms with Crippen molar-refractivity contribution in [3.63, 3.8) is 0 Å². The van der Waals surface area contributed by atoms with E-state index in [2.05, 4.69) is 4.98 Å². The van der Waals surface area contributed by atoms with Crippen LogP contribution in [-0.2, 0) is 10.9 Å². The molecule has 0 aliphatic rings. The minimum Gasteiger partial charge on any atom is -0.477 e. The van der Waals surface area contributed by atoms with Gasteiger partial charge in [0.15, 0.2) is 0 Å². The summed E-state index contributed by atoms with van der Waals surface area (Å²) in [7, 11) is 1.50. The van der Waals surface area contributed by atoms with E-state index in [9.17, 15) is 13.2 Å². The average Bonchev–Trinajstić information content (AvgIpc) is 2.33. The van der Waals surface area contributed by atoms with Crippen molar-refractivity contribution in [2.45, 2.75) is 12.6 Å². The Kier molecular flexibility index (Phi) is 4.92. The Morgan fingerprint density at radius 2 is 2.06 bits per heavy atom. The van der Waals surface area contributed by atoms with Crippen molar-refractivity contribution >= 4 is 0 Å². The molecule has 1 aromatic heterocycles. The molecule has 0 fully saturated rings. The first-order chi connectivity index (χ1) is 8.49. The maximum atomic E-state index is 12.4. The fraction of sp³-hybridized carbons (Fsp3) is 0.455. The molecule has 4 nitrogen and oxygen atoms in total. The van der Waals surface area contributed by atoms with Crippen LogP contribution in [0.5, 0.6) is 5.88 Å². The minimum absolute atomic E-state index is 0.0274. The molecule has 0 unspecified atom stereocenters. The number of nitrogens with zero attached hydrogens (tertiary/aromatic N) is 2. The van der Waals surface area contributed by atoms with Gasteiger partial charge in [-0.05, 0) is 12.1 Å². The third-order valence-electron chi connectivity index (χ3n) is 2.00. The number of aromatic nitrogens is 1. The van der Waals surface area contributed by atoms with E-state index >= 15 is 0 Å². The Balaban J connectivity index is 2.83. The van der Waals surface area contributed by atoms with Gasteiger partial charge < -0.3 is 9.47 Å². The zero-order valence-electron chi connectivity index (χ0n) is 9.62. The van der Waals surface area contributed by atoms with Crippen molar-refractivity contribution in [1.82, 2.24) is 4.98 Å². The van der Waals surface area contributed by atoms with Crippen LogP contribution in [-0.4, -0.2) is 25.3 Å². The molecule has 1 rings (SSSR count). The first-order valence-electron chi connectivity index (χ1n) is 5.09. The van der Waals surface area contributed by atoms with Gasteiger partial charge in [-0.2, -0.15) is 18.4 Å². The van der Waals surface area contributed by atoms with Gasteiger partial charge in [0.05, 0.1) is 6.61 Å². The lowest BCUT2D eigenvalue weighted by molar-refractivity contribution is -0.141. The normalized spacial score (nSPS) is 11.1. The van der Waals surface area contributed by atoms with E-state index < -0.39 is 11.9 Å². The molecule has 7 heteroatoms. The molecule has 0 saturated carbocycles. The van der Waals surface area contributed by atoms with Crippen molar-refractivity contribution in [1.29, 1.82) is 5.26 Å². The van der Waals surface area contributed by atoms with E-state index in [0.717, 1.165) is 12.1 Å². The van der Waals surface area contributed by atoms with Gasteiger partial charge in [0, 0.05) is 20.1 Å². The standard InChI is InChI=1S/C11H11F3N2O2/c1-17-5-2-6-18-10-8(7-15)3-4-9(16-10)11(12,13)14/h3-4H,2,5-6H2,1H3. The van der Waals surface area contributed by atoms with Crippen LogP contribution in [0, 0.1) is 11.3 Å². The first-order valence-corrected chi connectivity index (χ1v) is 5.09. The summed E-state index contributed by atoms with van der Waals surface area (Å²) < 4.78 is 47.1. The lowest BCUT2D eigenvalue weighted by atomic mass is 10.2. The second-order valence-electron chi connectivity index (χ2n) is 3.35. The van der Waals surface area contributed by atoms with Crippen LogP contribution in [0.25, 0.3) is 0 Å². The number of nitriles is 1. The highest BCUT2D eigenvalue weighted by atomic mass is 19.4. The van der Waals surface area contributed by atoms with Gasteiger partial charge in [0.2, 0.25) is 5.88 Å². The van der Waals surface area contributed by atoms with Gasteiger partial charge in [-0.25, -0.2) is 4.98 Å². The largest absolute Gasteiger partial charge is 0.477 e. The third kappa shape index (κ3) is 3.89. The Labute approximate surface area is 102 Å². The monoisotopic (exact) mass is 260 g/mol. The number of methoxy groups -OCH3 is 1. The van der Waals surface area contributed by atoms with E-state index in [1.54, 1.807) is 6.07 Å². The van der Waals surface area contributed by atoms with E-state index in [-0.39, 0.29) is 18.1 Å². The molecule has 0 aromatic carbocycles. The third-order valence-corrected chi connectivity index (χ3v) is 2.00. The zero-order chi connectivity index (χ0) is 13.6. The topological polar surface area (TPSA) is 55.1 Å². The van der Waals surface area contributed by atoms with Gasteiger partial charge in [-0.1, -0.05) is 0 Å². The molecule has 0 radical (unpaired) electrons. The summed E-state index contributed by atoms with van der Waals surface area (Å²) in [6.45, 7) is 0.553. The fourth-order valence-electron chi connectivity index (χ4n) is 1.17. The number of rotatable bonds is 5. The molecule has 1 heterocycles. The van der Waals surface area contributed by atoms with Gasteiger partial charge in [0.1, 0.15) is 17.3 Å². The Morgan fingerprint density at radius 1 is 1.33 bits per heavy atom. The van der Waals surface area contributed by atoms with Crippen LogP contribution in [0.2, 0.25) is 0 Å². The number of hydrogen-bond acceptors (Lipinski definition) is 4. The Morgan fingerprint density at radius 3 is 2.61 bits per heavy atom. The highest BCUT2D eigenvalue weighted by Crippen LogP contribution is 2.29. The summed E-state index contributed by atoms with van der Waals surface area (Å²) in [6, 6.07) is 3.52. The molecule has 0 amide bonds. The molecular formula is C11H11F3N2O2. The number of alkyl halides is 3. The molecule has 98 valence electrons. The van der Waals surface area contributed by atoms with Gasteiger partial charge in [0.25, 0.3) is 0 Å². The van der Waals surface area contributed by atoms with Crippen LogP contribution in [0.3, 0.4) is 0 Å². The van der Waals surface area contributed by atoms with Crippen molar-refractivity contribution in [2.75, 3.05) is 20.3 Å². The Bertz CT molecular complexity index is 441. The lowest BCUT2D eigenvalue weighted by Crippen LogP contribution is -2.11. The highest BCUT2D eigenvalue weighted by Gasteiger charge is 2.33.